The van der Waals surface area contributed by atoms with Crippen LogP contribution in [0.2, 0.25) is 0 Å². The lowest BCUT2D eigenvalue weighted by Gasteiger charge is -2.10. The van der Waals surface area contributed by atoms with E-state index in [-0.39, 0.29) is 24.8 Å². The average Bonchev–Trinajstić information content (AvgIpc) is 2.62. The van der Waals surface area contributed by atoms with Crippen LogP contribution in [0.4, 0.5) is 5.69 Å². The predicted molar refractivity (Wildman–Crippen MR) is 67.9 cm³/mol. The molecular formula is C13H14N2O4. The molecular weight excluding hydrogens is 248 g/mol. The zero-order valence-corrected chi connectivity index (χ0v) is 10.5. The average molecular weight is 262 g/mol. The van der Waals surface area contributed by atoms with E-state index in [1.165, 1.54) is 0 Å². The van der Waals surface area contributed by atoms with Crippen molar-refractivity contribution in [3.05, 3.63) is 29.3 Å². The minimum Gasteiger partial charge on any atom is -0.480 e. The molecule has 0 unspecified atom stereocenters. The molecule has 0 saturated carbocycles. The minimum absolute atomic E-state index is 0.0301. The number of anilines is 1. The van der Waals surface area contributed by atoms with Crippen molar-refractivity contribution in [2.45, 2.75) is 12.8 Å². The van der Waals surface area contributed by atoms with E-state index in [9.17, 15) is 14.4 Å². The number of hydrogen-bond donors (Lipinski definition) is 2. The van der Waals surface area contributed by atoms with Crippen LogP contribution < -0.4 is 10.2 Å². The van der Waals surface area contributed by atoms with Gasteiger partial charge < -0.3 is 15.3 Å². The molecule has 2 rings (SSSR count). The van der Waals surface area contributed by atoms with Crippen molar-refractivity contribution in [1.29, 1.82) is 0 Å². The summed E-state index contributed by atoms with van der Waals surface area (Å²) >= 11 is 0. The molecule has 19 heavy (non-hydrogen) atoms. The molecule has 0 spiro atoms. The van der Waals surface area contributed by atoms with Gasteiger partial charge in [-0.15, -0.1) is 0 Å². The Labute approximate surface area is 110 Å². The molecule has 0 aromatic heterocycles. The van der Waals surface area contributed by atoms with E-state index in [1.54, 1.807) is 24.1 Å². The van der Waals surface area contributed by atoms with Gasteiger partial charge in [-0.05, 0) is 17.2 Å². The molecule has 1 aliphatic rings. The molecule has 0 saturated heterocycles. The van der Waals surface area contributed by atoms with E-state index in [2.05, 4.69) is 5.32 Å². The summed E-state index contributed by atoms with van der Waals surface area (Å²) in [5.41, 5.74) is 2.53. The first-order chi connectivity index (χ1) is 8.97. The zero-order chi connectivity index (χ0) is 14.0. The topological polar surface area (TPSA) is 86.7 Å². The highest BCUT2D eigenvalue weighted by molar-refractivity contribution is 6.01. The SMILES string of the molecule is CN1C(=O)Cc2cc(CC(=O)NCC(=O)O)ccc21. The number of carbonyl (C=O) groups is 3. The fourth-order valence-electron chi connectivity index (χ4n) is 2.06. The number of carbonyl (C=O) groups excluding carboxylic acids is 2. The summed E-state index contributed by atoms with van der Waals surface area (Å²) in [6, 6.07) is 5.39. The van der Waals surface area contributed by atoms with Crippen molar-refractivity contribution in [2.75, 3.05) is 18.5 Å². The first-order valence-electron chi connectivity index (χ1n) is 5.84. The van der Waals surface area contributed by atoms with Crippen LogP contribution in [0.15, 0.2) is 18.2 Å². The van der Waals surface area contributed by atoms with Crippen molar-refractivity contribution in [3.63, 3.8) is 0 Å². The molecule has 1 heterocycles. The highest BCUT2D eigenvalue weighted by Crippen LogP contribution is 2.28. The van der Waals surface area contributed by atoms with E-state index < -0.39 is 5.97 Å². The highest BCUT2D eigenvalue weighted by atomic mass is 16.4. The fourth-order valence-corrected chi connectivity index (χ4v) is 2.06. The molecule has 1 aromatic carbocycles. The normalized spacial score (nSPS) is 13.3. The fraction of sp³-hybridized carbons (Fsp3) is 0.308. The van der Waals surface area contributed by atoms with Gasteiger partial charge >= 0.3 is 5.97 Å². The number of nitrogens with one attached hydrogen (secondary N) is 1. The van der Waals surface area contributed by atoms with Gasteiger partial charge in [0.2, 0.25) is 11.8 Å². The Morgan fingerprint density at radius 2 is 2.16 bits per heavy atom. The summed E-state index contributed by atoms with van der Waals surface area (Å²) in [7, 11) is 1.72. The number of fused-ring (bicyclic) bond motifs is 1. The smallest absolute Gasteiger partial charge is 0.322 e. The molecule has 0 bridgehead atoms. The summed E-state index contributed by atoms with van der Waals surface area (Å²) in [4.78, 5) is 34.9. The standard InChI is InChI=1S/C13H14N2O4/c1-15-10-3-2-8(4-9(10)6-12(15)17)5-11(16)14-7-13(18)19/h2-4H,5-7H2,1H3,(H,14,16)(H,18,19). The summed E-state index contributed by atoms with van der Waals surface area (Å²) in [5.74, 6) is -1.39. The lowest BCUT2D eigenvalue weighted by molar-refractivity contribution is -0.137. The van der Waals surface area contributed by atoms with Crippen LogP contribution in [-0.2, 0) is 27.2 Å². The lowest BCUT2D eigenvalue weighted by Crippen LogP contribution is -2.30. The van der Waals surface area contributed by atoms with Crippen molar-refractivity contribution >= 4 is 23.5 Å². The van der Waals surface area contributed by atoms with Crippen LogP contribution in [0.5, 0.6) is 0 Å². The quantitative estimate of drug-likeness (QED) is 0.796. The molecule has 2 amide bonds. The number of aliphatic carboxylic acids is 1. The van der Waals surface area contributed by atoms with Crippen molar-refractivity contribution in [2.24, 2.45) is 0 Å². The second-order valence-corrected chi connectivity index (χ2v) is 4.44. The Morgan fingerprint density at radius 1 is 1.42 bits per heavy atom. The van der Waals surface area contributed by atoms with E-state index in [4.69, 9.17) is 5.11 Å². The summed E-state index contributed by atoms with van der Waals surface area (Å²) in [5, 5.41) is 10.8. The van der Waals surface area contributed by atoms with Gasteiger partial charge in [0.1, 0.15) is 6.54 Å². The van der Waals surface area contributed by atoms with Crippen LogP contribution in [0.3, 0.4) is 0 Å². The Balaban J connectivity index is 2.04. The number of likely N-dealkylation sites (N-methyl/N-ethyl adjacent to an activating group) is 1. The summed E-state index contributed by atoms with van der Waals surface area (Å²) in [6.07, 6.45) is 0.453. The first-order valence-corrected chi connectivity index (χ1v) is 5.84. The van der Waals surface area contributed by atoms with Gasteiger partial charge in [-0.1, -0.05) is 12.1 Å². The third-order valence-electron chi connectivity index (χ3n) is 3.02. The number of benzene rings is 1. The number of nitrogens with zero attached hydrogens (tertiary/aromatic N) is 1. The molecule has 2 N–H and O–H groups in total. The number of hydrogen-bond acceptors (Lipinski definition) is 3. The summed E-state index contributed by atoms with van der Waals surface area (Å²) in [6.45, 7) is -0.384. The number of carboxylic acids is 1. The number of carboxylic acid groups (broad SMARTS) is 1. The van der Waals surface area contributed by atoms with Crippen molar-refractivity contribution in [3.8, 4) is 0 Å². The maximum Gasteiger partial charge on any atom is 0.322 e. The van der Waals surface area contributed by atoms with Gasteiger partial charge in [0.25, 0.3) is 0 Å². The molecule has 100 valence electrons. The molecule has 1 aliphatic heterocycles. The largest absolute Gasteiger partial charge is 0.480 e. The van der Waals surface area contributed by atoms with Crippen molar-refractivity contribution in [1.82, 2.24) is 5.32 Å². The Bertz CT molecular complexity index is 554. The molecule has 0 radical (unpaired) electrons. The third kappa shape index (κ3) is 2.90. The molecule has 1 aromatic rings. The van der Waals surface area contributed by atoms with Crippen LogP contribution in [-0.4, -0.2) is 36.5 Å². The maximum atomic E-state index is 11.5. The molecule has 6 heteroatoms. The highest BCUT2D eigenvalue weighted by Gasteiger charge is 2.23. The van der Waals surface area contributed by atoms with E-state index >= 15 is 0 Å². The summed E-state index contributed by atoms with van der Waals surface area (Å²) < 4.78 is 0. The molecule has 0 fully saturated rings. The van der Waals surface area contributed by atoms with E-state index in [0.29, 0.717) is 6.42 Å². The van der Waals surface area contributed by atoms with Gasteiger partial charge in [-0.2, -0.15) is 0 Å². The van der Waals surface area contributed by atoms with Crippen LogP contribution in [0, 0.1) is 0 Å². The second kappa shape index (κ2) is 5.09. The Hall–Kier alpha value is -2.37. The lowest BCUT2D eigenvalue weighted by atomic mass is 10.1. The van der Waals surface area contributed by atoms with E-state index in [0.717, 1.165) is 16.8 Å². The Morgan fingerprint density at radius 3 is 2.84 bits per heavy atom. The predicted octanol–water partition coefficient (Wildman–Crippen LogP) is -0.0512. The van der Waals surface area contributed by atoms with Crippen LogP contribution in [0.1, 0.15) is 11.1 Å². The first kappa shape index (κ1) is 13.1. The number of rotatable bonds is 4. The van der Waals surface area contributed by atoms with Gasteiger partial charge in [-0.25, -0.2) is 0 Å². The molecule has 0 atom stereocenters. The molecule has 0 aliphatic carbocycles. The van der Waals surface area contributed by atoms with Gasteiger partial charge in [0.15, 0.2) is 0 Å². The third-order valence-corrected chi connectivity index (χ3v) is 3.02. The number of amides is 2. The Kier molecular flexibility index (Phi) is 3.50. The van der Waals surface area contributed by atoms with Gasteiger partial charge in [0, 0.05) is 12.7 Å². The van der Waals surface area contributed by atoms with Crippen molar-refractivity contribution < 1.29 is 19.5 Å². The van der Waals surface area contributed by atoms with Gasteiger partial charge in [-0.3, -0.25) is 14.4 Å². The van der Waals surface area contributed by atoms with Crippen LogP contribution in [0.25, 0.3) is 0 Å². The zero-order valence-electron chi connectivity index (χ0n) is 10.5. The van der Waals surface area contributed by atoms with Crippen LogP contribution >= 0.6 is 0 Å². The minimum atomic E-state index is -1.07. The molecule has 6 nitrogen and oxygen atoms in total. The monoisotopic (exact) mass is 262 g/mol. The van der Waals surface area contributed by atoms with Gasteiger partial charge in [0.05, 0.1) is 12.8 Å². The van der Waals surface area contributed by atoms with E-state index in [1.807, 2.05) is 6.07 Å². The second-order valence-electron chi connectivity index (χ2n) is 4.44. The maximum absolute atomic E-state index is 11.5.